The average molecular weight is 374 g/mol. The molecule has 0 aliphatic carbocycles. The molecule has 1 atom stereocenters. The lowest BCUT2D eigenvalue weighted by atomic mass is 9.93. The maximum Gasteiger partial charge on any atom is 0.418 e. The SMILES string of the molecule is N#CCOc1ccc2c(-c3ccccc3C(O)C(F)(F)F)c[nH]c(=O)c2c1. The van der Waals surface area contributed by atoms with E-state index in [-0.39, 0.29) is 28.9 Å². The fraction of sp³-hybridized carbons (Fsp3) is 0.158. The molecule has 0 fully saturated rings. The number of nitrogens with zero attached hydrogens (tertiary/aromatic N) is 1. The Hall–Kier alpha value is -3.31. The van der Waals surface area contributed by atoms with Crippen LogP contribution in [0.4, 0.5) is 13.2 Å². The first-order chi connectivity index (χ1) is 12.8. The van der Waals surface area contributed by atoms with E-state index in [1.165, 1.54) is 42.6 Å². The summed E-state index contributed by atoms with van der Waals surface area (Å²) in [6.07, 6.45) is -6.18. The second-order valence-electron chi connectivity index (χ2n) is 5.72. The molecule has 1 unspecified atom stereocenters. The number of hydrogen-bond donors (Lipinski definition) is 2. The fourth-order valence-corrected chi connectivity index (χ4v) is 2.82. The summed E-state index contributed by atoms with van der Waals surface area (Å²) in [7, 11) is 0. The summed E-state index contributed by atoms with van der Waals surface area (Å²) < 4.78 is 44.3. The first kappa shape index (κ1) is 18.5. The number of aromatic nitrogens is 1. The first-order valence-electron chi connectivity index (χ1n) is 7.82. The molecular weight excluding hydrogens is 361 g/mol. The molecule has 0 saturated carbocycles. The smallest absolute Gasteiger partial charge is 0.418 e. The predicted molar refractivity (Wildman–Crippen MR) is 92.1 cm³/mol. The van der Waals surface area contributed by atoms with E-state index in [0.29, 0.717) is 10.9 Å². The van der Waals surface area contributed by atoms with Gasteiger partial charge in [-0.2, -0.15) is 18.4 Å². The molecule has 3 aromatic rings. The number of nitrogens with one attached hydrogen (secondary N) is 1. The standard InChI is InChI=1S/C19H13F3N2O3/c20-19(21,22)17(25)14-4-2-1-3-12(14)16-10-24-18(26)15-9-11(27-8-7-23)5-6-13(15)16/h1-6,9-10,17,25H,8H2,(H,24,26). The van der Waals surface area contributed by atoms with E-state index in [9.17, 15) is 23.1 Å². The van der Waals surface area contributed by atoms with Gasteiger partial charge in [0.1, 0.15) is 11.8 Å². The second kappa shape index (κ2) is 7.13. The first-order valence-corrected chi connectivity index (χ1v) is 7.82. The monoisotopic (exact) mass is 374 g/mol. The maximum absolute atomic E-state index is 13.0. The van der Waals surface area contributed by atoms with Gasteiger partial charge in [-0.1, -0.05) is 24.3 Å². The molecule has 2 N–H and O–H groups in total. The van der Waals surface area contributed by atoms with Crippen molar-refractivity contribution in [2.24, 2.45) is 0 Å². The Kier molecular flexibility index (Phi) is 4.88. The Morgan fingerprint density at radius 3 is 2.59 bits per heavy atom. The zero-order chi connectivity index (χ0) is 19.6. The van der Waals surface area contributed by atoms with Gasteiger partial charge in [0.05, 0.1) is 5.39 Å². The molecule has 27 heavy (non-hydrogen) atoms. The molecule has 0 amide bonds. The zero-order valence-electron chi connectivity index (χ0n) is 13.7. The Morgan fingerprint density at radius 1 is 1.15 bits per heavy atom. The number of benzene rings is 2. The van der Waals surface area contributed by atoms with E-state index in [1.807, 2.05) is 6.07 Å². The number of aromatic amines is 1. The Morgan fingerprint density at radius 2 is 1.89 bits per heavy atom. The quantitative estimate of drug-likeness (QED) is 0.729. The number of H-pyrrole nitrogens is 1. The highest BCUT2D eigenvalue weighted by Crippen LogP contribution is 2.39. The largest absolute Gasteiger partial charge is 0.479 e. The van der Waals surface area contributed by atoms with Crippen LogP contribution in [0.15, 0.2) is 53.5 Å². The highest BCUT2D eigenvalue weighted by atomic mass is 19.4. The van der Waals surface area contributed by atoms with Gasteiger partial charge in [-0.05, 0) is 34.7 Å². The van der Waals surface area contributed by atoms with Crippen LogP contribution in [0.25, 0.3) is 21.9 Å². The Bertz CT molecular complexity index is 1080. The number of aliphatic hydroxyl groups is 1. The van der Waals surface area contributed by atoms with Crippen molar-refractivity contribution in [2.75, 3.05) is 6.61 Å². The number of alkyl halides is 3. The van der Waals surface area contributed by atoms with Gasteiger partial charge in [0.25, 0.3) is 5.56 Å². The maximum atomic E-state index is 13.0. The van der Waals surface area contributed by atoms with Gasteiger partial charge in [0.2, 0.25) is 0 Å². The Labute approximate surface area is 151 Å². The zero-order valence-corrected chi connectivity index (χ0v) is 13.7. The molecule has 3 rings (SSSR count). The van der Waals surface area contributed by atoms with Crippen molar-refractivity contribution in [3.63, 3.8) is 0 Å². The van der Waals surface area contributed by atoms with Crippen LogP contribution in [-0.2, 0) is 0 Å². The summed E-state index contributed by atoms with van der Waals surface area (Å²) in [6, 6.07) is 11.8. The Balaban J connectivity index is 2.21. The number of rotatable bonds is 4. The van der Waals surface area contributed by atoms with Crippen LogP contribution in [0.2, 0.25) is 0 Å². The van der Waals surface area contributed by atoms with E-state index in [0.717, 1.165) is 0 Å². The van der Waals surface area contributed by atoms with E-state index < -0.39 is 17.8 Å². The summed E-state index contributed by atoms with van der Waals surface area (Å²) in [5.41, 5.74) is -0.294. The molecule has 0 bridgehead atoms. The molecule has 5 nitrogen and oxygen atoms in total. The minimum Gasteiger partial charge on any atom is -0.479 e. The van der Waals surface area contributed by atoms with E-state index in [1.54, 1.807) is 6.07 Å². The van der Waals surface area contributed by atoms with Crippen molar-refractivity contribution in [1.82, 2.24) is 4.98 Å². The number of halogens is 3. The minimum absolute atomic E-state index is 0.147. The van der Waals surface area contributed by atoms with Crippen LogP contribution < -0.4 is 10.3 Å². The van der Waals surface area contributed by atoms with E-state index >= 15 is 0 Å². The molecule has 2 aromatic carbocycles. The highest BCUT2D eigenvalue weighted by Gasteiger charge is 2.40. The van der Waals surface area contributed by atoms with Crippen LogP contribution in [0, 0.1) is 11.3 Å². The summed E-state index contributed by atoms with van der Waals surface area (Å²) in [6.45, 7) is -0.205. The van der Waals surface area contributed by atoms with Crippen molar-refractivity contribution in [2.45, 2.75) is 12.3 Å². The molecule has 0 spiro atoms. The predicted octanol–water partition coefficient (Wildman–Crippen LogP) is 3.69. The molecule has 138 valence electrons. The van der Waals surface area contributed by atoms with Crippen LogP contribution in [0.1, 0.15) is 11.7 Å². The summed E-state index contributed by atoms with van der Waals surface area (Å²) in [5, 5.41) is 18.9. The molecule has 0 aliphatic heterocycles. The summed E-state index contributed by atoms with van der Waals surface area (Å²) in [5.74, 6) is 0.287. The minimum atomic E-state index is -4.83. The van der Waals surface area contributed by atoms with E-state index in [2.05, 4.69) is 4.98 Å². The van der Waals surface area contributed by atoms with Crippen LogP contribution in [-0.4, -0.2) is 22.9 Å². The number of ether oxygens (including phenoxy) is 1. The van der Waals surface area contributed by atoms with Gasteiger partial charge in [-0.25, -0.2) is 0 Å². The number of aliphatic hydroxyl groups excluding tert-OH is 1. The summed E-state index contributed by atoms with van der Waals surface area (Å²) in [4.78, 5) is 14.7. The van der Waals surface area contributed by atoms with Gasteiger partial charge in [0.15, 0.2) is 12.7 Å². The van der Waals surface area contributed by atoms with Crippen molar-refractivity contribution < 1.29 is 23.0 Å². The van der Waals surface area contributed by atoms with Crippen molar-refractivity contribution in [3.05, 3.63) is 64.6 Å². The molecule has 1 heterocycles. The topological polar surface area (TPSA) is 86.1 Å². The lowest BCUT2D eigenvalue weighted by Crippen LogP contribution is -2.21. The number of hydrogen-bond acceptors (Lipinski definition) is 4. The summed E-state index contributed by atoms with van der Waals surface area (Å²) >= 11 is 0. The number of nitriles is 1. The van der Waals surface area contributed by atoms with Gasteiger partial charge >= 0.3 is 6.18 Å². The van der Waals surface area contributed by atoms with E-state index in [4.69, 9.17) is 10.00 Å². The fourth-order valence-electron chi connectivity index (χ4n) is 2.82. The molecule has 1 aromatic heterocycles. The van der Waals surface area contributed by atoms with Crippen LogP contribution in [0.5, 0.6) is 5.75 Å². The average Bonchev–Trinajstić information content (AvgIpc) is 2.65. The molecule has 8 heteroatoms. The van der Waals surface area contributed by atoms with Crippen LogP contribution >= 0.6 is 0 Å². The van der Waals surface area contributed by atoms with Gasteiger partial charge < -0.3 is 14.8 Å². The van der Waals surface area contributed by atoms with Gasteiger partial charge in [0, 0.05) is 11.8 Å². The number of pyridine rings is 1. The van der Waals surface area contributed by atoms with Gasteiger partial charge in [-0.3, -0.25) is 4.79 Å². The lowest BCUT2D eigenvalue weighted by molar-refractivity contribution is -0.206. The second-order valence-corrected chi connectivity index (χ2v) is 5.72. The normalized spacial score (nSPS) is 12.6. The third-order valence-corrected chi connectivity index (χ3v) is 4.03. The highest BCUT2D eigenvalue weighted by molar-refractivity contribution is 5.97. The van der Waals surface area contributed by atoms with Crippen molar-refractivity contribution >= 4 is 10.8 Å². The van der Waals surface area contributed by atoms with Crippen LogP contribution in [0.3, 0.4) is 0 Å². The molecular formula is C19H13F3N2O3. The van der Waals surface area contributed by atoms with Gasteiger partial charge in [-0.15, -0.1) is 0 Å². The van der Waals surface area contributed by atoms with Crippen molar-refractivity contribution in [3.8, 4) is 22.9 Å². The lowest BCUT2D eigenvalue weighted by Gasteiger charge is -2.19. The molecule has 0 saturated heterocycles. The third kappa shape index (κ3) is 3.64. The molecule has 0 aliphatic rings. The number of fused-ring (bicyclic) bond motifs is 1. The third-order valence-electron chi connectivity index (χ3n) is 4.03. The molecule has 0 radical (unpaired) electrons. The van der Waals surface area contributed by atoms with Crippen molar-refractivity contribution in [1.29, 1.82) is 5.26 Å².